The van der Waals surface area contributed by atoms with Gasteiger partial charge >= 0.3 is 6.18 Å². The zero-order valence-corrected chi connectivity index (χ0v) is 15.0. The van der Waals surface area contributed by atoms with E-state index >= 15 is 0 Å². The highest BCUT2D eigenvalue weighted by Crippen LogP contribution is 2.48. The van der Waals surface area contributed by atoms with E-state index in [0.717, 1.165) is 12.1 Å². The lowest BCUT2D eigenvalue weighted by Gasteiger charge is -2.31. The molecule has 0 radical (unpaired) electrons. The van der Waals surface area contributed by atoms with Crippen LogP contribution in [0.25, 0.3) is 0 Å². The summed E-state index contributed by atoms with van der Waals surface area (Å²) in [5.74, 6) is 0. The Hall–Kier alpha value is -1.88. The van der Waals surface area contributed by atoms with Gasteiger partial charge in [-0.05, 0) is 23.8 Å². The summed E-state index contributed by atoms with van der Waals surface area (Å²) >= 11 is 17.4. The van der Waals surface area contributed by atoms with Gasteiger partial charge in [0.25, 0.3) is 0 Å². The zero-order chi connectivity index (χ0) is 19.1. The predicted octanol–water partition coefficient (Wildman–Crippen LogP) is 5.00. The van der Waals surface area contributed by atoms with E-state index in [2.05, 4.69) is 15.0 Å². The molecule has 4 nitrogen and oxygen atoms in total. The normalized spacial score (nSPS) is 20.0. The van der Waals surface area contributed by atoms with Gasteiger partial charge < -0.3 is 0 Å². The molecular weight excluding hydrogens is 412 g/mol. The molecule has 134 valence electrons. The maximum absolute atomic E-state index is 14.0. The number of alkyl halides is 3. The predicted molar refractivity (Wildman–Crippen MR) is 92.0 cm³/mol. The quantitative estimate of drug-likeness (QED) is 0.644. The Morgan fingerprint density at radius 1 is 1.12 bits per heavy atom. The summed E-state index contributed by atoms with van der Waals surface area (Å²) in [5.41, 5.74) is -1.86. The summed E-state index contributed by atoms with van der Waals surface area (Å²) in [6.07, 6.45) is -3.76. The standard InChI is InChI=1S/C16H8Cl3F3N4/c17-12-2-10(3-13(18)26-12)15(16(20,21)22)4-11(25-7-15)9-1-8(5-23)14(19)24-6-9/h1-3,6H,4,7H2. The molecule has 2 aromatic heterocycles. The fraction of sp³-hybridized carbons (Fsp3) is 0.250. The lowest BCUT2D eigenvalue weighted by Crippen LogP contribution is -2.43. The van der Waals surface area contributed by atoms with Gasteiger partial charge in [-0.3, -0.25) is 4.99 Å². The molecule has 1 unspecified atom stereocenters. The molecule has 0 aliphatic carbocycles. The van der Waals surface area contributed by atoms with Crippen molar-refractivity contribution >= 4 is 40.5 Å². The van der Waals surface area contributed by atoms with Crippen molar-refractivity contribution in [1.29, 1.82) is 5.26 Å². The second kappa shape index (κ2) is 6.69. The van der Waals surface area contributed by atoms with Gasteiger partial charge in [-0.15, -0.1) is 0 Å². The first-order chi connectivity index (χ1) is 12.2. The van der Waals surface area contributed by atoms with Crippen molar-refractivity contribution < 1.29 is 13.2 Å². The second-order valence-electron chi connectivity index (χ2n) is 5.69. The highest BCUT2D eigenvalue weighted by molar-refractivity contribution is 6.32. The third-order valence-corrected chi connectivity index (χ3v) is 4.85. The number of pyridine rings is 2. The molecule has 3 heterocycles. The lowest BCUT2D eigenvalue weighted by atomic mass is 9.77. The van der Waals surface area contributed by atoms with Crippen molar-refractivity contribution in [2.75, 3.05) is 6.54 Å². The number of aromatic nitrogens is 2. The summed E-state index contributed by atoms with van der Waals surface area (Å²) in [6, 6.07) is 5.49. The minimum Gasteiger partial charge on any atom is -0.288 e. The lowest BCUT2D eigenvalue weighted by molar-refractivity contribution is -0.183. The fourth-order valence-corrected chi connectivity index (χ4v) is 3.40. The van der Waals surface area contributed by atoms with Crippen LogP contribution in [0, 0.1) is 11.3 Å². The third kappa shape index (κ3) is 3.25. The Morgan fingerprint density at radius 2 is 1.77 bits per heavy atom. The van der Waals surface area contributed by atoms with E-state index in [1.54, 1.807) is 0 Å². The monoisotopic (exact) mass is 418 g/mol. The molecule has 1 aliphatic rings. The summed E-state index contributed by atoms with van der Waals surface area (Å²) in [4.78, 5) is 11.6. The molecule has 3 rings (SSSR count). The minimum absolute atomic E-state index is 0.0235. The Balaban J connectivity index is 2.05. The molecule has 0 spiro atoms. The SMILES string of the molecule is N#Cc1cc(C2=NCC(c3cc(Cl)nc(Cl)c3)(C(F)(F)F)C2)cnc1Cl. The van der Waals surface area contributed by atoms with Crippen LogP contribution >= 0.6 is 34.8 Å². The van der Waals surface area contributed by atoms with E-state index in [-0.39, 0.29) is 32.3 Å². The van der Waals surface area contributed by atoms with Crippen molar-refractivity contribution in [3.63, 3.8) is 0 Å². The van der Waals surface area contributed by atoms with Gasteiger partial charge in [-0.25, -0.2) is 9.97 Å². The van der Waals surface area contributed by atoms with Gasteiger partial charge in [0.05, 0.1) is 12.1 Å². The maximum atomic E-state index is 14.0. The topological polar surface area (TPSA) is 61.9 Å². The average molecular weight is 420 g/mol. The molecule has 2 aromatic rings. The zero-order valence-electron chi connectivity index (χ0n) is 12.8. The van der Waals surface area contributed by atoms with E-state index in [9.17, 15) is 13.2 Å². The summed E-state index contributed by atoms with van der Waals surface area (Å²) in [7, 11) is 0. The van der Waals surface area contributed by atoms with Gasteiger partial charge in [0.1, 0.15) is 26.9 Å². The van der Waals surface area contributed by atoms with E-state index < -0.39 is 24.6 Å². The first kappa shape index (κ1) is 18.9. The first-order valence-electron chi connectivity index (χ1n) is 7.16. The number of nitrogens with zero attached hydrogens (tertiary/aromatic N) is 4. The Kier molecular flexibility index (Phi) is 4.86. The highest BCUT2D eigenvalue weighted by atomic mass is 35.5. The van der Waals surface area contributed by atoms with E-state index in [1.165, 1.54) is 12.3 Å². The van der Waals surface area contributed by atoms with Crippen LogP contribution in [0.15, 0.2) is 29.4 Å². The molecule has 0 amide bonds. The molecule has 0 fully saturated rings. The summed E-state index contributed by atoms with van der Waals surface area (Å²) < 4.78 is 42.0. The molecule has 1 atom stereocenters. The molecule has 0 N–H and O–H groups in total. The molecule has 1 aliphatic heterocycles. The number of halogens is 6. The maximum Gasteiger partial charge on any atom is 0.400 e. The summed E-state index contributed by atoms with van der Waals surface area (Å²) in [5, 5.41) is 8.73. The van der Waals surface area contributed by atoms with Crippen LogP contribution in [0.4, 0.5) is 13.2 Å². The molecule has 10 heteroatoms. The van der Waals surface area contributed by atoms with E-state index in [0.29, 0.717) is 5.56 Å². The smallest absolute Gasteiger partial charge is 0.288 e. The van der Waals surface area contributed by atoms with Gasteiger partial charge in [0.2, 0.25) is 0 Å². The third-order valence-electron chi connectivity index (χ3n) is 4.16. The molecule has 0 aromatic carbocycles. The second-order valence-corrected chi connectivity index (χ2v) is 6.83. The van der Waals surface area contributed by atoms with Crippen molar-refractivity contribution in [2.24, 2.45) is 4.99 Å². The Labute approximate surface area is 161 Å². The first-order valence-corrected chi connectivity index (χ1v) is 8.29. The fourth-order valence-electron chi connectivity index (χ4n) is 2.79. The van der Waals surface area contributed by atoms with E-state index in [1.807, 2.05) is 6.07 Å². The Morgan fingerprint density at radius 3 is 2.35 bits per heavy atom. The largest absolute Gasteiger partial charge is 0.400 e. The number of hydrogen-bond donors (Lipinski definition) is 0. The van der Waals surface area contributed by atoms with Gasteiger partial charge in [-0.2, -0.15) is 18.4 Å². The number of aliphatic imine (C=N–C) groups is 1. The van der Waals surface area contributed by atoms with Crippen LogP contribution in [0.1, 0.15) is 23.1 Å². The minimum atomic E-state index is -4.61. The number of hydrogen-bond acceptors (Lipinski definition) is 4. The van der Waals surface area contributed by atoms with Crippen LogP contribution in [0.3, 0.4) is 0 Å². The van der Waals surface area contributed by atoms with Crippen LogP contribution in [0.2, 0.25) is 15.5 Å². The van der Waals surface area contributed by atoms with E-state index in [4.69, 9.17) is 40.1 Å². The molecular formula is C16H8Cl3F3N4. The highest BCUT2D eigenvalue weighted by Gasteiger charge is 2.58. The molecule has 0 saturated carbocycles. The molecule has 26 heavy (non-hydrogen) atoms. The number of rotatable bonds is 2. The van der Waals surface area contributed by atoms with Gasteiger partial charge in [0, 0.05) is 23.9 Å². The van der Waals surface area contributed by atoms with Crippen LogP contribution in [-0.4, -0.2) is 28.4 Å². The van der Waals surface area contributed by atoms with Gasteiger partial charge in [-0.1, -0.05) is 34.8 Å². The van der Waals surface area contributed by atoms with Crippen molar-refractivity contribution in [1.82, 2.24) is 9.97 Å². The van der Waals surface area contributed by atoms with Crippen molar-refractivity contribution in [2.45, 2.75) is 18.0 Å². The number of nitriles is 1. The van der Waals surface area contributed by atoms with Crippen molar-refractivity contribution in [3.05, 3.63) is 56.5 Å². The van der Waals surface area contributed by atoms with Crippen LogP contribution in [0.5, 0.6) is 0 Å². The van der Waals surface area contributed by atoms with Gasteiger partial charge in [0.15, 0.2) is 0 Å². The van der Waals surface area contributed by atoms with Crippen molar-refractivity contribution in [3.8, 4) is 6.07 Å². The molecule has 0 bridgehead atoms. The summed E-state index contributed by atoms with van der Waals surface area (Å²) in [6.45, 7) is -0.535. The Bertz CT molecular complexity index is 932. The molecule has 0 saturated heterocycles. The van der Waals surface area contributed by atoms with Crippen LogP contribution < -0.4 is 0 Å². The average Bonchev–Trinajstić information content (AvgIpc) is 3.01. The van der Waals surface area contributed by atoms with Crippen LogP contribution in [-0.2, 0) is 5.41 Å².